The van der Waals surface area contributed by atoms with E-state index in [9.17, 15) is 9.90 Å². The van der Waals surface area contributed by atoms with Crippen molar-refractivity contribution in [3.8, 4) is 0 Å². The Morgan fingerprint density at radius 1 is 1.23 bits per heavy atom. The van der Waals surface area contributed by atoms with Crippen molar-refractivity contribution >= 4 is 28.3 Å². The number of aromatic carboxylic acids is 1. The van der Waals surface area contributed by atoms with Crippen LogP contribution in [-0.4, -0.2) is 52.0 Å². The van der Waals surface area contributed by atoms with Crippen molar-refractivity contribution in [2.75, 3.05) is 31.2 Å². The van der Waals surface area contributed by atoms with Crippen molar-refractivity contribution in [3.63, 3.8) is 0 Å². The van der Waals surface area contributed by atoms with E-state index in [1.165, 1.54) is 6.20 Å². The molecule has 112 valence electrons. The zero-order valence-corrected chi connectivity index (χ0v) is 11.8. The van der Waals surface area contributed by atoms with Crippen LogP contribution in [0.2, 0.25) is 0 Å². The summed E-state index contributed by atoms with van der Waals surface area (Å²) in [6.45, 7) is 2.59. The first-order valence-electron chi connectivity index (χ1n) is 7.08. The lowest BCUT2D eigenvalue weighted by Crippen LogP contribution is -2.37. The Kier molecular flexibility index (Phi) is 2.93. The second kappa shape index (κ2) is 4.96. The number of carboxylic acid groups (broad SMARTS) is 1. The van der Waals surface area contributed by atoms with Crippen molar-refractivity contribution < 1.29 is 14.6 Å². The van der Waals surface area contributed by atoms with Crippen LogP contribution < -0.4 is 4.90 Å². The number of ether oxygens (including phenoxy) is 1. The van der Waals surface area contributed by atoms with E-state index < -0.39 is 5.97 Å². The molecule has 0 amide bonds. The molecule has 0 aliphatic carbocycles. The number of aromatic nitrogens is 3. The summed E-state index contributed by atoms with van der Waals surface area (Å²) in [5.41, 5.74) is 2.28. The standard InChI is InChI=1S/C15H14N4O3/c20-15(21)10-9-16-19-12-4-2-1-3-11(12)17-14(13(10)19)18-5-7-22-8-6-18/h1-4,9H,5-8H2,(H,20,21). The van der Waals surface area contributed by atoms with Crippen LogP contribution in [0.15, 0.2) is 30.5 Å². The van der Waals surface area contributed by atoms with Crippen LogP contribution in [0.25, 0.3) is 16.6 Å². The van der Waals surface area contributed by atoms with Gasteiger partial charge >= 0.3 is 5.97 Å². The minimum Gasteiger partial charge on any atom is -0.478 e. The molecule has 4 rings (SSSR count). The smallest absolute Gasteiger partial charge is 0.339 e. The van der Waals surface area contributed by atoms with E-state index in [-0.39, 0.29) is 5.56 Å². The fourth-order valence-corrected chi connectivity index (χ4v) is 2.80. The zero-order chi connectivity index (χ0) is 15.1. The van der Waals surface area contributed by atoms with Crippen LogP contribution in [0.1, 0.15) is 10.4 Å². The maximum absolute atomic E-state index is 11.5. The Bertz CT molecular complexity index is 868. The molecule has 1 aromatic carbocycles. The Morgan fingerprint density at radius 2 is 2.00 bits per heavy atom. The molecule has 1 saturated heterocycles. The Balaban J connectivity index is 2.06. The summed E-state index contributed by atoms with van der Waals surface area (Å²) in [5, 5.41) is 13.7. The van der Waals surface area contributed by atoms with E-state index in [4.69, 9.17) is 4.74 Å². The van der Waals surface area contributed by atoms with Crippen LogP contribution in [0.3, 0.4) is 0 Å². The van der Waals surface area contributed by atoms with Crippen LogP contribution in [-0.2, 0) is 4.74 Å². The second-order valence-corrected chi connectivity index (χ2v) is 5.15. The van der Waals surface area contributed by atoms with Crippen molar-refractivity contribution in [1.29, 1.82) is 0 Å². The molecule has 2 aromatic heterocycles. The van der Waals surface area contributed by atoms with Crippen LogP contribution in [0, 0.1) is 0 Å². The highest BCUT2D eigenvalue weighted by Gasteiger charge is 2.23. The fourth-order valence-electron chi connectivity index (χ4n) is 2.80. The van der Waals surface area contributed by atoms with E-state index in [1.807, 2.05) is 24.3 Å². The third-order valence-electron chi connectivity index (χ3n) is 3.86. The molecule has 1 aliphatic heterocycles. The molecule has 3 heterocycles. The molecule has 0 radical (unpaired) electrons. The number of benzene rings is 1. The summed E-state index contributed by atoms with van der Waals surface area (Å²) >= 11 is 0. The number of anilines is 1. The third-order valence-corrected chi connectivity index (χ3v) is 3.86. The van der Waals surface area contributed by atoms with Gasteiger partial charge in [-0.25, -0.2) is 14.3 Å². The van der Waals surface area contributed by atoms with Gasteiger partial charge in [-0.3, -0.25) is 0 Å². The van der Waals surface area contributed by atoms with Gasteiger partial charge in [0.2, 0.25) is 0 Å². The predicted octanol–water partition coefficient (Wildman–Crippen LogP) is 1.42. The minimum atomic E-state index is -0.999. The molecule has 7 nitrogen and oxygen atoms in total. The maximum atomic E-state index is 11.5. The van der Waals surface area contributed by atoms with Crippen molar-refractivity contribution in [1.82, 2.24) is 14.6 Å². The number of morpholine rings is 1. The Labute approximate surface area is 125 Å². The number of fused-ring (bicyclic) bond motifs is 3. The molecule has 7 heteroatoms. The largest absolute Gasteiger partial charge is 0.478 e. The molecule has 3 aromatic rings. The lowest BCUT2D eigenvalue weighted by molar-refractivity contribution is 0.0699. The van der Waals surface area contributed by atoms with Gasteiger partial charge < -0.3 is 14.7 Å². The van der Waals surface area contributed by atoms with E-state index in [2.05, 4.69) is 15.0 Å². The summed E-state index contributed by atoms with van der Waals surface area (Å²) < 4.78 is 7.04. The summed E-state index contributed by atoms with van der Waals surface area (Å²) in [5.74, 6) is -0.349. The number of hydrogen-bond acceptors (Lipinski definition) is 5. The summed E-state index contributed by atoms with van der Waals surface area (Å²) in [6.07, 6.45) is 1.38. The van der Waals surface area contributed by atoms with Crippen LogP contribution >= 0.6 is 0 Å². The number of hydrogen-bond donors (Lipinski definition) is 1. The number of nitrogens with zero attached hydrogens (tertiary/aromatic N) is 4. The first-order chi connectivity index (χ1) is 10.8. The molecule has 0 spiro atoms. The average Bonchev–Trinajstić information content (AvgIpc) is 3.00. The molecule has 1 aliphatic rings. The van der Waals surface area contributed by atoms with Crippen molar-refractivity contribution in [2.45, 2.75) is 0 Å². The van der Waals surface area contributed by atoms with E-state index in [0.29, 0.717) is 37.6 Å². The number of carboxylic acids is 1. The van der Waals surface area contributed by atoms with E-state index >= 15 is 0 Å². The molecular weight excluding hydrogens is 284 g/mol. The van der Waals surface area contributed by atoms with E-state index in [1.54, 1.807) is 4.52 Å². The summed E-state index contributed by atoms with van der Waals surface area (Å²) in [7, 11) is 0. The second-order valence-electron chi connectivity index (χ2n) is 5.15. The van der Waals surface area contributed by atoms with Gasteiger partial charge in [0.25, 0.3) is 0 Å². The first-order valence-corrected chi connectivity index (χ1v) is 7.08. The SMILES string of the molecule is O=C(O)c1cnn2c1c(N1CCOCC1)nc1ccccc12. The lowest BCUT2D eigenvalue weighted by atomic mass is 10.2. The predicted molar refractivity (Wildman–Crippen MR) is 80.5 cm³/mol. The zero-order valence-electron chi connectivity index (χ0n) is 11.8. The average molecular weight is 298 g/mol. The van der Waals surface area contributed by atoms with Gasteiger partial charge in [-0.2, -0.15) is 5.10 Å². The summed E-state index contributed by atoms with van der Waals surface area (Å²) in [6, 6.07) is 7.59. The topological polar surface area (TPSA) is 80.0 Å². The monoisotopic (exact) mass is 298 g/mol. The van der Waals surface area contributed by atoms with Gasteiger partial charge in [-0.05, 0) is 12.1 Å². The molecule has 1 N–H and O–H groups in total. The van der Waals surface area contributed by atoms with Gasteiger partial charge in [0.1, 0.15) is 11.1 Å². The maximum Gasteiger partial charge on any atom is 0.339 e. The Hall–Kier alpha value is -2.67. The van der Waals surface area contributed by atoms with E-state index in [0.717, 1.165) is 11.0 Å². The van der Waals surface area contributed by atoms with Gasteiger partial charge in [0.05, 0.1) is 30.4 Å². The minimum absolute atomic E-state index is 0.166. The number of para-hydroxylation sites is 2. The highest BCUT2D eigenvalue weighted by molar-refractivity contribution is 6.01. The molecule has 1 fully saturated rings. The highest BCUT2D eigenvalue weighted by atomic mass is 16.5. The highest BCUT2D eigenvalue weighted by Crippen LogP contribution is 2.27. The fraction of sp³-hybridized carbons (Fsp3) is 0.267. The molecule has 0 unspecified atom stereocenters. The van der Waals surface area contributed by atoms with Crippen LogP contribution in [0.5, 0.6) is 0 Å². The van der Waals surface area contributed by atoms with Crippen LogP contribution in [0.4, 0.5) is 5.82 Å². The lowest BCUT2D eigenvalue weighted by Gasteiger charge is -2.28. The van der Waals surface area contributed by atoms with Crippen molar-refractivity contribution in [3.05, 3.63) is 36.0 Å². The molecular formula is C15H14N4O3. The normalized spacial score (nSPS) is 15.5. The molecule has 0 bridgehead atoms. The quantitative estimate of drug-likeness (QED) is 0.770. The van der Waals surface area contributed by atoms with Gasteiger partial charge in [0.15, 0.2) is 5.82 Å². The van der Waals surface area contributed by atoms with Gasteiger partial charge in [-0.15, -0.1) is 0 Å². The third kappa shape index (κ3) is 1.90. The Morgan fingerprint density at radius 3 is 2.77 bits per heavy atom. The summed E-state index contributed by atoms with van der Waals surface area (Å²) in [4.78, 5) is 18.3. The van der Waals surface area contributed by atoms with Gasteiger partial charge in [0, 0.05) is 13.1 Å². The van der Waals surface area contributed by atoms with Gasteiger partial charge in [-0.1, -0.05) is 12.1 Å². The number of rotatable bonds is 2. The van der Waals surface area contributed by atoms with Crippen molar-refractivity contribution in [2.24, 2.45) is 0 Å². The number of carbonyl (C=O) groups is 1. The first kappa shape index (κ1) is 13.0. The molecule has 0 saturated carbocycles. The molecule has 22 heavy (non-hydrogen) atoms. The molecule has 0 atom stereocenters.